The zero-order chi connectivity index (χ0) is 35.3. The van der Waals surface area contributed by atoms with Gasteiger partial charge in [-0.25, -0.2) is 16.8 Å². The molecule has 0 radical (unpaired) electrons. The highest BCUT2D eigenvalue weighted by atomic mass is 35.5. The molecule has 2 saturated heterocycles. The van der Waals surface area contributed by atoms with Gasteiger partial charge in [-0.15, -0.1) is 0 Å². The lowest BCUT2D eigenvalue weighted by Crippen LogP contribution is -2.63. The average Bonchev–Trinajstić information content (AvgIpc) is 3.25. The van der Waals surface area contributed by atoms with Crippen molar-refractivity contribution in [3.63, 3.8) is 0 Å². The van der Waals surface area contributed by atoms with Gasteiger partial charge in [-0.3, -0.25) is 20.3 Å². The molecule has 3 aromatic rings. The molecule has 15 heteroatoms. The van der Waals surface area contributed by atoms with Crippen molar-refractivity contribution in [2.45, 2.75) is 41.9 Å². The molecule has 2 aliphatic rings. The van der Waals surface area contributed by atoms with Crippen molar-refractivity contribution in [2.75, 3.05) is 51.0 Å². The van der Waals surface area contributed by atoms with E-state index in [4.69, 9.17) is 34.8 Å². The van der Waals surface area contributed by atoms with Gasteiger partial charge in [-0.2, -0.15) is 0 Å². The van der Waals surface area contributed by atoms with Gasteiger partial charge in [0.2, 0.25) is 0 Å². The highest BCUT2D eigenvalue weighted by Crippen LogP contribution is 2.52. The number of halogens is 3. The second kappa shape index (κ2) is 13.4. The number of hydrogen-bond acceptors (Lipinski definition) is 9. The number of benzene rings is 3. The van der Waals surface area contributed by atoms with E-state index in [1.165, 1.54) is 12.3 Å². The van der Waals surface area contributed by atoms with E-state index in [0.29, 0.717) is 49.2 Å². The molecule has 3 aromatic carbocycles. The maximum atomic E-state index is 15.1. The number of phenols is 1. The first-order valence-electron chi connectivity index (χ1n) is 15.3. The molecule has 5 rings (SSSR count). The van der Waals surface area contributed by atoms with Gasteiger partial charge in [-0.05, 0) is 68.3 Å². The molecule has 48 heavy (non-hydrogen) atoms. The van der Waals surface area contributed by atoms with E-state index in [-0.39, 0.29) is 27.0 Å². The van der Waals surface area contributed by atoms with Gasteiger partial charge in [0, 0.05) is 60.4 Å². The Hall–Kier alpha value is -2.42. The molecule has 1 amide bonds. The number of piperazine rings is 1. The topological polar surface area (TPSA) is 136 Å². The number of carbonyl (C=O) groups is 1. The monoisotopic (exact) mass is 756 g/mol. The minimum Gasteiger partial charge on any atom is -0.507 e. The summed E-state index contributed by atoms with van der Waals surface area (Å²) in [5.74, 6) is -0.735. The Bertz CT molecular complexity index is 1860. The van der Waals surface area contributed by atoms with Crippen LogP contribution in [-0.4, -0.2) is 88.6 Å². The van der Waals surface area contributed by atoms with Gasteiger partial charge in [0.15, 0.2) is 15.5 Å². The van der Waals surface area contributed by atoms with Crippen LogP contribution in [0.1, 0.15) is 37.0 Å². The number of nitrogens with one attached hydrogen (secondary N) is 2. The van der Waals surface area contributed by atoms with Crippen LogP contribution in [0.3, 0.4) is 0 Å². The Kier molecular flexibility index (Phi) is 10.3. The zero-order valence-electron chi connectivity index (χ0n) is 27.1. The van der Waals surface area contributed by atoms with Crippen molar-refractivity contribution in [3.8, 4) is 5.75 Å². The van der Waals surface area contributed by atoms with Crippen molar-refractivity contribution in [2.24, 2.45) is 0 Å². The van der Waals surface area contributed by atoms with Crippen molar-refractivity contribution in [1.29, 1.82) is 0 Å². The third-order valence-electron chi connectivity index (χ3n) is 9.54. The normalized spacial score (nSPS) is 25.4. The second-order valence-corrected chi connectivity index (χ2v) is 18.5. The van der Waals surface area contributed by atoms with Crippen LogP contribution in [0.25, 0.3) is 0 Å². The summed E-state index contributed by atoms with van der Waals surface area (Å²) in [6, 6.07) is 16.8. The minimum absolute atomic E-state index is 0.00853. The molecule has 3 N–H and O–H groups in total. The van der Waals surface area contributed by atoms with Gasteiger partial charge in [0.25, 0.3) is 5.91 Å². The second-order valence-electron chi connectivity index (χ2n) is 13.0. The Morgan fingerprint density at radius 3 is 1.73 bits per heavy atom. The molecular formula is C33H39Cl3N4O6S2. The Morgan fingerprint density at radius 1 is 0.812 bits per heavy atom. The van der Waals surface area contributed by atoms with Crippen LogP contribution in [0.4, 0.5) is 0 Å². The van der Waals surface area contributed by atoms with E-state index in [0.717, 1.165) is 23.4 Å². The van der Waals surface area contributed by atoms with Gasteiger partial charge in [-0.1, -0.05) is 59.1 Å². The van der Waals surface area contributed by atoms with E-state index < -0.39 is 42.3 Å². The third kappa shape index (κ3) is 7.09. The fourth-order valence-electron chi connectivity index (χ4n) is 6.77. The highest BCUT2D eigenvalue weighted by Gasteiger charge is 2.64. The summed E-state index contributed by atoms with van der Waals surface area (Å²) in [7, 11) is -6.97. The average molecular weight is 758 g/mol. The van der Waals surface area contributed by atoms with Crippen LogP contribution in [0.15, 0.2) is 65.6 Å². The summed E-state index contributed by atoms with van der Waals surface area (Å²) >= 11 is 18.9. The van der Waals surface area contributed by atoms with Crippen LogP contribution < -0.4 is 10.6 Å². The number of nitrogens with zero attached hydrogens (tertiary/aromatic N) is 2. The lowest BCUT2D eigenvalue weighted by Gasteiger charge is -2.41. The van der Waals surface area contributed by atoms with E-state index in [1.807, 2.05) is 38.1 Å². The summed E-state index contributed by atoms with van der Waals surface area (Å²) in [4.78, 5) is 18.6. The van der Waals surface area contributed by atoms with Gasteiger partial charge in [0.05, 0.1) is 26.7 Å². The van der Waals surface area contributed by atoms with Crippen molar-refractivity contribution in [3.05, 3.63) is 92.4 Å². The molecular weight excluding hydrogens is 719 g/mol. The molecule has 1 unspecified atom stereocenters. The lowest BCUT2D eigenvalue weighted by atomic mass is 9.72. The van der Waals surface area contributed by atoms with Crippen LogP contribution in [0, 0.1) is 0 Å². The molecule has 10 nitrogen and oxygen atoms in total. The van der Waals surface area contributed by atoms with E-state index in [9.17, 15) is 21.9 Å². The van der Waals surface area contributed by atoms with E-state index in [2.05, 4.69) is 15.5 Å². The standard InChI is InChI=1S/C33H39Cl3N4O6S2/c1-31(22-6-10-24(34)11-7-22)32(2,23-8-12-25(35)13-9-23)38-33(37-31,26-20-29(48(4,45)46)27(36)21-28(26)41)30(42)40-17-15-39(16-18-40)14-5-19-47(3,43)44/h6-13,20-21,37-38,41H,5,14-19H2,1-4H3/t31-,32+,33?. The number of phenolic OH excluding ortho intramolecular Hbond substituents is 1. The quantitative estimate of drug-likeness (QED) is 0.288. The third-order valence-corrected chi connectivity index (χ3v) is 12.6. The molecule has 0 spiro atoms. The molecule has 0 aliphatic carbocycles. The molecule has 0 aromatic heterocycles. The van der Waals surface area contributed by atoms with Gasteiger partial charge < -0.3 is 10.0 Å². The van der Waals surface area contributed by atoms with Crippen molar-refractivity contribution >= 4 is 60.4 Å². The smallest absolute Gasteiger partial charge is 0.262 e. The van der Waals surface area contributed by atoms with Crippen molar-refractivity contribution < 1.29 is 26.7 Å². The first-order chi connectivity index (χ1) is 22.3. The summed E-state index contributed by atoms with van der Waals surface area (Å²) in [6.07, 6.45) is 2.70. The number of carbonyl (C=O) groups excluding carboxylic acids is 1. The predicted molar refractivity (Wildman–Crippen MR) is 189 cm³/mol. The zero-order valence-corrected chi connectivity index (χ0v) is 31.0. The fraction of sp³-hybridized carbons (Fsp3) is 0.424. The fourth-order valence-corrected chi connectivity index (χ4v) is 8.99. The summed E-state index contributed by atoms with van der Waals surface area (Å²) in [6.45, 7) is 6.03. The van der Waals surface area contributed by atoms with Gasteiger partial charge in [0.1, 0.15) is 15.6 Å². The first-order valence-corrected chi connectivity index (χ1v) is 20.4. The predicted octanol–water partition coefficient (Wildman–Crippen LogP) is 4.51. The van der Waals surface area contributed by atoms with Crippen LogP contribution in [-0.2, 0) is 41.2 Å². The number of rotatable bonds is 9. The Labute approximate surface area is 297 Å². The maximum Gasteiger partial charge on any atom is 0.262 e. The lowest BCUT2D eigenvalue weighted by molar-refractivity contribution is -0.142. The molecule has 2 aliphatic heterocycles. The van der Waals surface area contributed by atoms with Gasteiger partial charge >= 0.3 is 0 Å². The largest absolute Gasteiger partial charge is 0.507 e. The van der Waals surface area contributed by atoms with E-state index >= 15 is 4.79 Å². The van der Waals surface area contributed by atoms with Crippen LogP contribution >= 0.6 is 34.8 Å². The molecule has 0 bridgehead atoms. The highest BCUT2D eigenvalue weighted by molar-refractivity contribution is 7.91. The number of sulfone groups is 2. The van der Waals surface area contributed by atoms with Crippen LogP contribution in [0.2, 0.25) is 15.1 Å². The number of aromatic hydroxyl groups is 1. The molecule has 2 fully saturated rings. The SMILES string of the molecule is C[C@@]1(c2ccc(Cl)cc2)NC(C(=O)N2CCN(CCCS(C)(=O)=O)CC2)(c2cc(S(C)(=O)=O)c(Cl)cc2O)N[C@]1(C)c1ccc(Cl)cc1. The maximum absolute atomic E-state index is 15.1. The summed E-state index contributed by atoms with van der Waals surface area (Å²) < 4.78 is 49.1. The molecule has 260 valence electrons. The summed E-state index contributed by atoms with van der Waals surface area (Å²) in [5, 5.41) is 19.5. The minimum atomic E-state index is -3.88. The summed E-state index contributed by atoms with van der Waals surface area (Å²) in [5.41, 5.74) is -2.50. The van der Waals surface area contributed by atoms with Crippen molar-refractivity contribution in [1.82, 2.24) is 20.4 Å². The Morgan fingerprint density at radius 2 is 1.29 bits per heavy atom. The van der Waals surface area contributed by atoms with Crippen LogP contribution in [0.5, 0.6) is 5.75 Å². The molecule has 0 saturated carbocycles. The number of hydrogen-bond donors (Lipinski definition) is 3. The molecule has 2 heterocycles. The van der Waals surface area contributed by atoms with E-state index in [1.54, 1.807) is 29.2 Å². The Balaban J connectivity index is 1.66. The number of amides is 1. The first kappa shape index (κ1) is 36.9. The molecule has 3 atom stereocenters.